The van der Waals surface area contributed by atoms with E-state index in [0.29, 0.717) is 6.04 Å². The van der Waals surface area contributed by atoms with Crippen molar-refractivity contribution in [1.29, 1.82) is 0 Å². The summed E-state index contributed by atoms with van der Waals surface area (Å²) in [5.41, 5.74) is 5.95. The normalized spacial score (nSPS) is 47.0. The summed E-state index contributed by atoms with van der Waals surface area (Å²) in [6.07, 6.45) is 5.56. The largest absolute Gasteiger partial charge is 0.328 e. The molecule has 0 aromatic rings. The second-order valence-electron chi connectivity index (χ2n) is 5.23. The smallest absolute Gasteiger partial charge is 0.00443 e. The van der Waals surface area contributed by atoms with Crippen LogP contribution >= 0.6 is 0 Å². The molecule has 2 N–H and O–H groups in total. The lowest BCUT2D eigenvalue weighted by Crippen LogP contribution is -2.17. The van der Waals surface area contributed by atoms with Crippen LogP contribution in [-0.4, -0.2) is 6.04 Å². The minimum Gasteiger partial charge on any atom is -0.328 e. The molecular formula is C11H21N. The van der Waals surface area contributed by atoms with Crippen molar-refractivity contribution in [3.05, 3.63) is 0 Å². The van der Waals surface area contributed by atoms with Gasteiger partial charge in [0.15, 0.2) is 0 Å². The third kappa shape index (κ3) is 1.39. The molecule has 2 unspecified atom stereocenters. The van der Waals surface area contributed by atoms with Gasteiger partial charge in [-0.1, -0.05) is 13.8 Å². The molecule has 0 saturated heterocycles. The van der Waals surface area contributed by atoms with E-state index in [1.807, 2.05) is 0 Å². The van der Waals surface area contributed by atoms with Gasteiger partial charge in [-0.05, 0) is 49.4 Å². The maximum absolute atomic E-state index is 5.95. The summed E-state index contributed by atoms with van der Waals surface area (Å²) in [4.78, 5) is 0. The highest BCUT2D eigenvalue weighted by Crippen LogP contribution is 2.48. The average Bonchev–Trinajstić information content (AvgIpc) is 2.42. The van der Waals surface area contributed by atoms with Gasteiger partial charge in [0.2, 0.25) is 0 Å². The van der Waals surface area contributed by atoms with Gasteiger partial charge >= 0.3 is 0 Å². The van der Waals surface area contributed by atoms with E-state index in [0.717, 1.165) is 23.7 Å². The van der Waals surface area contributed by atoms with Gasteiger partial charge in [-0.25, -0.2) is 0 Å². The maximum atomic E-state index is 5.95. The molecule has 2 fully saturated rings. The summed E-state index contributed by atoms with van der Waals surface area (Å²) < 4.78 is 0. The first-order chi connectivity index (χ1) is 5.66. The highest BCUT2D eigenvalue weighted by molar-refractivity contribution is 4.93. The van der Waals surface area contributed by atoms with Crippen LogP contribution in [0.2, 0.25) is 0 Å². The molecule has 0 radical (unpaired) electrons. The standard InChI is InChI=1S/C11H21N/c1-7(2)8-3-9-5-11(12)6-10(9)4-8/h7-11H,3-6,12H2,1-2H3/t8?,9-,10+,11?. The second kappa shape index (κ2) is 3.02. The molecule has 2 saturated carbocycles. The lowest BCUT2D eigenvalue weighted by atomic mass is 9.91. The molecule has 70 valence electrons. The summed E-state index contributed by atoms with van der Waals surface area (Å²) in [6, 6.07) is 0.535. The second-order valence-corrected chi connectivity index (χ2v) is 5.23. The SMILES string of the molecule is CC(C)C1C[C@H]2CC(N)C[C@H]2C1. The summed E-state index contributed by atoms with van der Waals surface area (Å²) in [6.45, 7) is 4.73. The van der Waals surface area contributed by atoms with E-state index < -0.39 is 0 Å². The van der Waals surface area contributed by atoms with Crippen molar-refractivity contribution in [2.45, 2.75) is 45.6 Å². The van der Waals surface area contributed by atoms with Crippen molar-refractivity contribution in [3.8, 4) is 0 Å². The first-order valence-corrected chi connectivity index (χ1v) is 5.42. The van der Waals surface area contributed by atoms with Gasteiger partial charge in [0.1, 0.15) is 0 Å². The molecule has 2 aliphatic rings. The van der Waals surface area contributed by atoms with Crippen molar-refractivity contribution in [3.63, 3.8) is 0 Å². The van der Waals surface area contributed by atoms with Gasteiger partial charge in [-0.15, -0.1) is 0 Å². The zero-order valence-corrected chi connectivity index (χ0v) is 8.29. The third-order valence-corrected chi connectivity index (χ3v) is 4.03. The molecule has 0 heterocycles. The molecule has 2 rings (SSSR count). The molecule has 1 nitrogen and oxygen atoms in total. The van der Waals surface area contributed by atoms with E-state index in [4.69, 9.17) is 5.73 Å². The average molecular weight is 167 g/mol. The Morgan fingerprint density at radius 3 is 1.92 bits per heavy atom. The minimum absolute atomic E-state index is 0.535. The van der Waals surface area contributed by atoms with Gasteiger partial charge in [-0.2, -0.15) is 0 Å². The van der Waals surface area contributed by atoms with Crippen molar-refractivity contribution in [2.75, 3.05) is 0 Å². The molecule has 0 aromatic heterocycles. The highest BCUT2D eigenvalue weighted by atomic mass is 14.7. The zero-order chi connectivity index (χ0) is 8.72. The number of hydrogen-bond donors (Lipinski definition) is 1. The maximum Gasteiger partial charge on any atom is 0.00443 e. The summed E-state index contributed by atoms with van der Waals surface area (Å²) in [5.74, 6) is 3.89. The number of nitrogens with two attached hydrogens (primary N) is 1. The van der Waals surface area contributed by atoms with Crippen LogP contribution in [-0.2, 0) is 0 Å². The first-order valence-electron chi connectivity index (χ1n) is 5.42. The van der Waals surface area contributed by atoms with Gasteiger partial charge < -0.3 is 5.73 Å². The van der Waals surface area contributed by atoms with Gasteiger partial charge in [0.25, 0.3) is 0 Å². The fourth-order valence-electron chi connectivity index (χ4n) is 3.25. The Labute approximate surface area is 75.7 Å². The first kappa shape index (κ1) is 8.55. The van der Waals surface area contributed by atoms with Crippen LogP contribution in [0, 0.1) is 23.7 Å². The van der Waals surface area contributed by atoms with Gasteiger partial charge in [0, 0.05) is 6.04 Å². The Kier molecular flexibility index (Phi) is 2.16. The van der Waals surface area contributed by atoms with Crippen molar-refractivity contribution < 1.29 is 0 Å². The van der Waals surface area contributed by atoms with Crippen molar-refractivity contribution in [1.82, 2.24) is 0 Å². The van der Waals surface area contributed by atoms with Gasteiger partial charge in [0.05, 0.1) is 0 Å². The van der Waals surface area contributed by atoms with Crippen molar-refractivity contribution in [2.24, 2.45) is 29.4 Å². The van der Waals surface area contributed by atoms with Crippen molar-refractivity contribution >= 4 is 0 Å². The quantitative estimate of drug-likeness (QED) is 0.637. The van der Waals surface area contributed by atoms with Crippen LogP contribution in [0.25, 0.3) is 0 Å². The summed E-state index contributed by atoms with van der Waals surface area (Å²) in [7, 11) is 0. The third-order valence-electron chi connectivity index (χ3n) is 4.03. The van der Waals surface area contributed by atoms with E-state index in [2.05, 4.69) is 13.8 Å². The van der Waals surface area contributed by atoms with E-state index in [1.54, 1.807) is 0 Å². The Hall–Kier alpha value is -0.0400. The van der Waals surface area contributed by atoms with E-state index in [-0.39, 0.29) is 0 Å². The molecule has 0 aliphatic heterocycles. The molecule has 12 heavy (non-hydrogen) atoms. The van der Waals surface area contributed by atoms with Gasteiger partial charge in [-0.3, -0.25) is 0 Å². The molecule has 0 spiro atoms. The Bertz CT molecular complexity index is 150. The fourth-order valence-corrected chi connectivity index (χ4v) is 3.25. The highest BCUT2D eigenvalue weighted by Gasteiger charge is 2.40. The molecule has 4 atom stereocenters. The summed E-state index contributed by atoms with van der Waals surface area (Å²) >= 11 is 0. The lowest BCUT2D eigenvalue weighted by molar-refractivity contribution is 0.361. The van der Waals surface area contributed by atoms with Crippen LogP contribution in [0.1, 0.15) is 39.5 Å². The molecular weight excluding hydrogens is 146 g/mol. The zero-order valence-electron chi connectivity index (χ0n) is 8.29. The monoisotopic (exact) mass is 167 g/mol. The Morgan fingerprint density at radius 1 is 1.00 bits per heavy atom. The predicted molar refractivity (Wildman–Crippen MR) is 51.8 cm³/mol. The lowest BCUT2D eigenvalue weighted by Gasteiger charge is -2.15. The topological polar surface area (TPSA) is 26.0 Å². The molecule has 0 aromatic carbocycles. The number of fused-ring (bicyclic) bond motifs is 1. The molecule has 1 heteroatoms. The van der Waals surface area contributed by atoms with E-state index >= 15 is 0 Å². The summed E-state index contributed by atoms with van der Waals surface area (Å²) in [5, 5.41) is 0. The van der Waals surface area contributed by atoms with E-state index in [9.17, 15) is 0 Å². The fraction of sp³-hybridized carbons (Fsp3) is 1.00. The molecule has 0 bridgehead atoms. The van der Waals surface area contributed by atoms with Crippen LogP contribution in [0.4, 0.5) is 0 Å². The predicted octanol–water partition coefficient (Wildman–Crippen LogP) is 2.41. The number of rotatable bonds is 1. The molecule has 2 aliphatic carbocycles. The van der Waals surface area contributed by atoms with E-state index in [1.165, 1.54) is 25.7 Å². The van der Waals surface area contributed by atoms with Crippen LogP contribution in [0.15, 0.2) is 0 Å². The van der Waals surface area contributed by atoms with Crippen LogP contribution < -0.4 is 5.73 Å². The Morgan fingerprint density at radius 2 is 1.50 bits per heavy atom. The minimum atomic E-state index is 0.535. The number of hydrogen-bond acceptors (Lipinski definition) is 1. The van der Waals surface area contributed by atoms with Crippen LogP contribution in [0.5, 0.6) is 0 Å². The molecule has 0 amide bonds. The Balaban J connectivity index is 1.93. The van der Waals surface area contributed by atoms with Crippen LogP contribution in [0.3, 0.4) is 0 Å².